The molecule has 2 aromatic heterocycles. The number of nitrogens with one attached hydrogen (secondary N) is 2. The first-order chi connectivity index (χ1) is 12.1. The first-order valence-electron chi connectivity index (χ1n) is 7.35. The van der Waals surface area contributed by atoms with Crippen molar-refractivity contribution in [2.75, 3.05) is 11.9 Å². The maximum absolute atomic E-state index is 11.9. The van der Waals surface area contributed by atoms with Gasteiger partial charge in [0, 0.05) is 23.3 Å². The highest BCUT2D eigenvalue weighted by molar-refractivity contribution is 6.30. The number of urea groups is 1. The lowest BCUT2D eigenvalue weighted by Crippen LogP contribution is -2.34. The molecule has 1 aromatic carbocycles. The van der Waals surface area contributed by atoms with E-state index in [2.05, 4.69) is 25.8 Å². The molecule has 0 unspecified atom stereocenters. The summed E-state index contributed by atoms with van der Waals surface area (Å²) in [6.07, 6.45) is 2.85. The molecule has 0 atom stereocenters. The third-order valence-electron chi connectivity index (χ3n) is 3.20. The smallest absolute Gasteiger partial charge is 0.319 e. The van der Waals surface area contributed by atoms with Crippen molar-refractivity contribution in [3.8, 4) is 5.82 Å². The van der Waals surface area contributed by atoms with Crippen LogP contribution in [0.15, 0.2) is 53.8 Å². The van der Waals surface area contributed by atoms with Gasteiger partial charge < -0.3 is 10.6 Å². The van der Waals surface area contributed by atoms with E-state index in [0.29, 0.717) is 16.5 Å². The van der Waals surface area contributed by atoms with Crippen LogP contribution in [-0.2, 0) is 6.54 Å². The third kappa shape index (κ3) is 4.42. The Morgan fingerprint density at radius 1 is 1.24 bits per heavy atom. The van der Waals surface area contributed by atoms with Gasteiger partial charge in [-0.05, 0) is 24.3 Å². The van der Waals surface area contributed by atoms with Gasteiger partial charge in [0.1, 0.15) is 12.7 Å². The number of amides is 2. The molecule has 0 aliphatic carbocycles. The van der Waals surface area contributed by atoms with E-state index >= 15 is 0 Å². The SMILES string of the molecule is O=C(NCCn1nc(-n2cncn2)ccc1=O)Nc1cccc(Cl)c1. The third-order valence-corrected chi connectivity index (χ3v) is 3.43. The van der Waals surface area contributed by atoms with Crippen molar-refractivity contribution < 1.29 is 4.79 Å². The molecule has 10 heteroatoms. The van der Waals surface area contributed by atoms with Gasteiger partial charge in [-0.25, -0.2) is 19.1 Å². The Morgan fingerprint density at radius 2 is 2.12 bits per heavy atom. The van der Waals surface area contributed by atoms with Gasteiger partial charge in [0.2, 0.25) is 0 Å². The van der Waals surface area contributed by atoms with Gasteiger partial charge in [-0.1, -0.05) is 17.7 Å². The number of carbonyl (C=O) groups is 1. The molecular weight excluding hydrogens is 346 g/mol. The van der Waals surface area contributed by atoms with E-state index in [1.165, 1.54) is 28.1 Å². The molecule has 0 radical (unpaired) electrons. The zero-order valence-electron chi connectivity index (χ0n) is 13.0. The summed E-state index contributed by atoms with van der Waals surface area (Å²) in [5.41, 5.74) is 0.300. The number of anilines is 1. The molecule has 0 saturated heterocycles. The van der Waals surface area contributed by atoms with E-state index in [1.807, 2.05) is 0 Å². The quantitative estimate of drug-likeness (QED) is 0.714. The molecule has 0 saturated carbocycles. The standard InChI is InChI=1S/C15H14ClN7O2/c16-11-2-1-3-12(8-11)20-15(25)18-6-7-22-14(24)5-4-13(21-22)23-10-17-9-19-23/h1-5,8-10H,6-7H2,(H2,18,20,25). The Hall–Kier alpha value is -3.20. The molecule has 2 N–H and O–H groups in total. The van der Waals surface area contributed by atoms with E-state index in [0.717, 1.165) is 0 Å². The van der Waals surface area contributed by atoms with Crippen molar-refractivity contribution in [2.45, 2.75) is 6.54 Å². The first kappa shape index (κ1) is 16.7. The van der Waals surface area contributed by atoms with Gasteiger partial charge in [-0.3, -0.25) is 4.79 Å². The predicted molar refractivity (Wildman–Crippen MR) is 91.9 cm³/mol. The number of aromatic nitrogens is 5. The van der Waals surface area contributed by atoms with E-state index in [1.54, 1.807) is 30.3 Å². The number of benzene rings is 1. The van der Waals surface area contributed by atoms with Gasteiger partial charge in [-0.15, -0.1) is 5.10 Å². The Kier molecular flexibility index (Phi) is 5.05. The topological polar surface area (TPSA) is 107 Å². The Balaban J connectivity index is 1.57. The molecule has 25 heavy (non-hydrogen) atoms. The highest BCUT2D eigenvalue weighted by Gasteiger charge is 2.05. The number of carbonyl (C=O) groups excluding carboxylic acids is 1. The summed E-state index contributed by atoms with van der Waals surface area (Å²) in [7, 11) is 0. The van der Waals surface area contributed by atoms with Crippen LogP contribution in [0.25, 0.3) is 5.82 Å². The molecule has 0 bridgehead atoms. The monoisotopic (exact) mass is 359 g/mol. The number of hydrogen-bond donors (Lipinski definition) is 2. The van der Waals surface area contributed by atoms with Crippen LogP contribution in [-0.4, -0.2) is 37.1 Å². The summed E-state index contributed by atoms with van der Waals surface area (Å²) in [4.78, 5) is 27.5. The predicted octanol–water partition coefficient (Wildman–Crippen LogP) is 1.30. The highest BCUT2D eigenvalue weighted by Crippen LogP contribution is 2.14. The Labute approximate surface area is 147 Å². The molecule has 3 rings (SSSR count). The van der Waals surface area contributed by atoms with Gasteiger partial charge in [0.25, 0.3) is 5.56 Å². The summed E-state index contributed by atoms with van der Waals surface area (Å²) >= 11 is 5.86. The first-order valence-corrected chi connectivity index (χ1v) is 7.73. The molecule has 2 amide bonds. The summed E-state index contributed by atoms with van der Waals surface area (Å²) in [5, 5.41) is 14.0. The van der Waals surface area contributed by atoms with Gasteiger partial charge in [-0.2, -0.15) is 5.10 Å². The van der Waals surface area contributed by atoms with Gasteiger partial charge in [0.15, 0.2) is 5.82 Å². The normalized spacial score (nSPS) is 10.4. The molecule has 9 nitrogen and oxygen atoms in total. The van der Waals surface area contributed by atoms with Crippen LogP contribution in [0.4, 0.5) is 10.5 Å². The van der Waals surface area contributed by atoms with Crippen molar-refractivity contribution in [1.82, 2.24) is 29.9 Å². The fourth-order valence-corrected chi connectivity index (χ4v) is 2.25. The molecule has 0 fully saturated rings. The molecule has 0 spiro atoms. The minimum absolute atomic E-state index is 0.213. The number of rotatable bonds is 5. The second-order valence-corrected chi connectivity index (χ2v) is 5.42. The zero-order valence-corrected chi connectivity index (χ0v) is 13.7. The minimum Gasteiger partial charge on any atom is -0.336 e. The lowest BCUT2D eigenvalue weighted by atomic mass is 10.3. The van der Waals surface area contributed by atoms with Crippen molar-refractivity contribution in [1.29, 1.82) is 0 Å². The van der Waals surface area contributed by atoms with Crippen molar-refractivity contribution in [3.05, 3.63) is 64.4 Å². The van der Waals surface area contributed by atoms with Crippen LogP contribution < -0.4 is 16.2 Å². The van der Waals surface area contributed by atoms with Gasteiger partial charge >= 0.3 is 6.03 Å². The molecular formula is C15H14ClN7O2. The summed E-state index contributed by atoms with van der Waals surface area (Å²) in [6.45, 7) is 0.435. The fraction of sp³-hybridized carbons (Fsp3) is 0.133. The lowest BCUT2D eigenvalue weighted by molar-refractivity contribution is 0.251. The maximum Gasteiger partial charge on any atom is 0.319 e. The number of halogens is 1. The summed E-state index contributed by atoms with van der Waals surface area (Å²) < 4.78 is 2.69. The van der Waals surface area contributed by atoms with Gasteiger partial charge in [0.05, 0.1) is 6.54 Å². The van der Waals surface area contributed by atoms with E-state index in [9.17, 15) is 9.59 Å². The van der Waals surface area contributed by atoms with Crippen LogP contribution in [0, 0.1) is 0 Å². The van der Waals surface area contributed by atoms with Crippen molar-refractivity contribution in [3.63, 3.8) is 0 Å². The second-order valence-electron chi connectivity index (χ2n) is 4.98. The minimum atomic E-state index is -0.400. The Morgan fingerprint density at radius 3 is 2.88 bits per heavy atom. The van der Waals surface area contributed by atoms with E-state index in [-0.39, 0.29) is 18.6 Å². The van der Waals surface area contributed by atoms with Crippen LogP contribution in [0.3, 0.4) is 0 Å². The molecule has 2 heterocycles. The average molecular weight is 360 g/mol. The molecule has 128 valence electrons. The van der Waals surface area contributed by atoms with E-state index < -0.39 is 6.03 Å². The second kappa shape index (κ2) is 7.58. The summed E-state index contributed by atoms with van der Waals surface area (Å²) in [5.74, 6) is 0.459. The highest BCUT2D eigenvalue weighted by atomic mass is 35.5. The molecule has 0 aliphatic rings. The lowest BCUT2D eigenvalue weighted by Gasteiger charge is -2.09. The molecule has 0 aliphatic heterocycles. The van der Waals surface area contributed by atoms with Crippen molar-refractivity contribution in [2.24, 2.45) is 0 Å². The van der Waals surface area contributed by atoms with Crippen LogP contribution in [0.5, 0.6) is 0 Å². The largest absolute Gasteiger partial charge is 0.336 e. The Bertz CT molecular complexity index is 924. The summed E-state index contributed by atoms with van der Waals surface area (Å²) in [6, 6.07) is 9.33. The van der Waals surface area contributed by atoms with Crippen LogP contribution in [0.1, 0.15) is 0 Å². The molecule has 3 aromatic rings. The van der Waals surface area contributed by atoms with Crippen LogP contribution in [0.2, 0.25) is 5.02 Å². The maximum atomic E-state index is 11.9. The number of nitrogens with zero attached hydrogens (tertiary/aromatic N) is 5. The zero-order chi connectivity index (χ0) is 17.6. The number of hydrogen-bond acceptors (Lipinski definition) is 5. The van der Waals surface area contributed by atoms with Crippen molar-refractivity contribution >= 4 is 23.3 Å². The van der Waals surface area contributed by atoms with E-state index in [4.69, 9.17) is 11.6 Å². The average Bonchev–Trinajstić information content (AvgIpc) is 3.11. The fourth-order valence-electron chi connectivity index (χ4n) is 2.06. The van der Waals surface area contributed by atoms with Crippen LogP contribution >= 0.6 is 11.6 Å².